The van der Waals surface area contributed by atoms with E-state index in [9.17, 15) is 4.79 Å². The fraction of sp³-hybridized carbons (Fsp3) is 0. The molecule has 0 atom stereocenters. The van der Waals surface area contributed by atoms with Crippen LogP contribution in [-0.4, -0.2) is 5.12 Å². The predicted octanol–water partition coefficient (Wildman–Crippen LogP) is 1.74. The molecule has 0 heterocycles. The first-order valence-electron chi connectivity index (χ1n) is 3.04. The maximum Gasteiger partial charge on any atom is 0.216 e. The molecule has 0 fully saturated rings. The Kier molecular flexibility index (Phi) is 2.35. The Labute approximate surface area is 70.8 Å². The number of benzene rings is 1. The highest BCUT2D eigenvalue weighted by molar-refractivity contribution is 7.97. The number of terminal acetylenes is 1. The van der Waals surface area contributed by atoms with Crippen molar-refractivity contribution in [3.05, 3.63) is 35.4 Å². The smallest absolute Gasteiger partial charge is 0.216 e. The molecule has 0 radical (unpaired) electrons. The topological polar surface area (TPSA) is 17.1 Å². The van der Waals surface area contributed by atoms with Gasteiger partial charge in [-0.15, -0.1) is 19.1 Å². The molecule has 0 amide bonds. The zero-order chi connectivity index (χ0) is 8.27. The van der Waals surface area contributed by atoms with Crippen LogP contribution in [0.25, 0.3) is 0 Å². The van der Waals surface area contributed by atoms with E-state index in [2.05, 4.69) is 18.5 Å². The summed E-state index contributed by atoms with van der Waals surface area (Å²) in [5.41, 5.74) is 1.23. The standard InChI is InChI=1S/C9H6OS/c1-2-7-4-3-5-8(6-7)9(10)11/h1,3-6H,(H,10,11). The van der Waals surface area contributed by atoms with Gasteiger partial charge in [0.05, 0.1) is 0 Å². The zero-order valence-corrected chi connectivity index (χ0v) is 6.64. The number of hydrogen-bond donors (Lipinski definition) is 1. The number of thiol groups is 1. The average Bonchev–Trinajstić information content (AvgIpc) is 2.05. The molecule has 0 aromatic heterocycles. The van der Waals surface area contributed by atoms with Crippen LogP contribution >= 0.6 is 12.6 Å². The minimum absolute atomic E-state index is 0.262. The lowest BCUT2D eigenvalue weighted by molar-refractivity contribution is 0.109. The second-order valence-electron chi connectivity index (χ2n) is 2.03. The van der Waals surface area contributed by atoms with Crippen molar-refractivity contribution in [1.29, 1.82) is 0 Å². The number of rotatable bonds is 1. The summed E-state index contributed by atoms with van der Waals surface area (Å²) in [5.74, 6) is 2.44. The van der Waals surface area contributed by atoms with Crippen LogP contribution in [0, 0.1) is 12.3 Å². The Bertz CT molecular complexity index is 323. The highest BCUT2D eigenvalue weighted by atomic mass is 32.1. The molecule has 0 spiro atoms. The first kappa shape index (κ1) is 7.90. The summed E-state index contributed by atoms with van der Waals surface area (Å²) in [4.78, 5) is 10.7. The van der Waals surface area contributed by atoms with Gasteiger partial charge in [0.2, 0.25) is 5.12 Å². The molecule has 2 heteroatoms. The molecule has 0 saturated carbocycles. The van der Waals surface area contributed by atoms with E-state index in [-0.39, 0.29) is 5.12 Å². The lowest BCUT2D eigenvalue weighted by atomic mass is 10.1. The molecular weight excluding hydrogens is 156 g/mol. The van der Waals surface area contributed by atoms with Crippen molar-refractivity contribution in [2.45, 2.75) is 0 Å². The Morgan fingerprint density at radius 3 is 2.82 bits per heavy atom. The van der Waals surface area contributed by atoms with Crippen molar-refractivity contribution in [3.8, 4) is 12.3 Å². The minimum Gasteiger partial charge on any atom is -0.282 e. The maximum absolute atomic E-state index is 10.7. The number of carbonyl (C=O) groups is 1. The Hall–Kier alpha value is -1.20. The molecule has 1 aromatic rings. The van der Waals surface area contributed by atoms with E-state index in [0.29, 0.717) is 11.1 Å². The molecule has 1 aromatic carbocycles. The van der Waals surface area contributed by atoms with Crippen molar-refractivity contribution >= 4 is 17.7 Å². The molecule has 0 unspecified atom stereocenters. The quantitative estimate of drug-likeness (QED) is 0.491. The Balaban J connectivity index is 3.13. The summed E-state index contributed by atoms with van der Waals surface area (Å²) in [6.07, 6.45) is 5.13. The van der Waals surface area contributed by atoms with Gasteiger partial charge >= 0.3 is 0 Å². The minimum atomic E-state index is -0.262. The van der Waals surface area contributed by atoms with E-state index in [1.165, 1.54) is 0 Å². The third-order valence-corrected chi connectivity index (χ3v) is 1.53. The van der Waals surface area contributed by atoms with Gasteiger partial charge in [-0.25, -0.2) is 0 Å². The van der Waals surface area contributed by atoms with Crippen molar-refractivity contribution < 1.29 is 4.79 Å². The van der Waals surface area contributed by atoms with E-state index in [1.54, 1.807) is 24.3 Å². The molecular formula is C9H6OS. The monoisotopic (exact) mass is 162 g/mol. The second-order valence-corrected chi connectivity index (χ2v) is 2.44. The molecule has 11 heavy (non-hydrogen) atoms. The molecule has 0 aliphatic carbocycles. The predicted molar refractivity (Wildman–Crippen MR) is 47.7 cm³/mol. The fourth-order valence-electron chi connectivity index (χ4n) is 0.742. The first-order valence-corrected chi connectivity index (χ1v) is 3.48. The molecule has 0 saturated heterocycles. The summed E-state index contributed by atoms with van der Waals surface area (Å²) >= 11 is 3.67. The summed E-state index contributed by atoms with van der Waals surface area (Å²) < 4.78 is 0. The van der Waals surface area contributed by atoms with Crippen molar-refractivity contribution in [1.82, 2.24) is 0 Å². The molecule has 1 nitrogen and oxygen atoms in total. The normalized spacial score (nSPS) is 8.73. The van der Waals surface area contributed by atoms with Gasteiger partial charge < -0.3 is 0 Å². The van der Waals surface area contributed by atoms with Gasteiger partial charge in [-0.2, -0.15) is 0 Å². The van der Waals surface area contributed by atoms with Crippen LogP contribution < -0.4 is 0 Å². The van der Waals surface area contributed by atoms with Crippen LogP contribution in [0.1, 0.15) is 15.9 Å². The van der Waals surface area contributed by atoms with Crippen molar-refractivity contribution in [3.63, 3.8) is 0 Å². The van der Waals surface area contributed by atoms with Gasteiger partial charge in [-0.1, -0.05) is 18.1 Å². The number of carbonyl (C=O) groups excluding carboxylic acids is 1. The summed E-state index contributed by atoms with van der Waals surface area (Å²) in [5, 5.41) is -0.262. The summed E-state index contributed by atoms with van der Waals surface area (Å²) in [7, 11) is 0. The largest absolute Gasteiger partial charge is 0.282 e. The summed E-state index contributed by atoms with van der Waals surface area (Å²) in [6.45, 7) is 0. The van der Waals surface area contributed by atoms with Crippen LogP contribution in [-0.2, 0) is 0 Å². The molecule has 0 aliphatic heterocycles. The Morgan fingerprint density at radius 1 is 1.55 bits per heavy atom. The van der Waals surface area contributed by atoms with Gasteiger partial charge in [0.15, 0.2) is 0 Å². The van der Waals surface area contributed by atoms with E-state index < -0.39 is 0 Å². The van der Waals surface area contributed by atoms with Gasteiger partial charge in [0, 0.05) is 11.1 Å². The molecule has 1 rings (SSSR count). The molecule has 0 bridgehead atoms. The average molecular weight is 162 g/mol. The number of hydrogen-bond acceptors (Lipinski definition) is 1. The maximum atomic E-state index is 10.7. The fourth-order valence-corrected chi connectivity index (χ4v) is 0.881. The molecule has 54 valence electrons. The van der Waals surface area contributed by atoms with Gasteiger partial charge in [-0.3, -0.25) is 4.79 Å². The molecule has 0 aliphatic rings. The molecule has 0 N–H and O–H groups in total. The van der Waals surface area contributed by atoms with Crippen LogP contribution in [0.15, 0.2) is 24.3 Å². The first-order chi connectivity index (χ1) is 5.24. The van der Waals surface area contributed by atoms with E-state index >= 15 is 0 Å². The SMILES string of the molecule is C#Cc1cccc(C(=O)S)c1. The van der Waals surface area contributed by atoms with Crippen LogP contribution in [0.5, 0.6) is 0 Å². The van der Waals surface area contributed by atoms with Crippen molar-refractivity contribution in [2.75, 3.05) is 0 Å². The highest BCUT2D eigenvalue weighted by Gasteiger charge is 1.98. The van der Waals surface area contributed by atoms with Crippen molar-refractivity contribution in [2.24, 2.45) is 0 Å². The third kappa shape index (κ3) is 1.86. The Morgan fingerprint density at radius 2 is 2.27 bits per heavy atom. The van der Waals surface area contributed by atoms with Crippen LogP contribution in [0.2, 0.25) is 0 Å². The van der Waals surface area contributed by atoms with Crippen LogP contribution in [0.3, 0.4) is 0 Å². The van der Waals surface area contributed by atoms with E-state index in [4.69, 9.17) is 6.42 Å². The van der Waals surface area contributed by atoms with Crippen LogP contribution in [0.4, 0.5) is 0 Å². The summed E-state index contributed by atoms with van der Waals surface area (Å²) in [6, 6.07) is 6.81. The van der Waals surface area contributed by atoms with Gasteiger partial charge in [0.1, 0.15) is 0 Å². The third-order valence-electron chi connectivity index (χ3n) is 1.28. The van der Waals surface area contributed by atoms with E-state index in [0.717, 1.165) is 0 Å². The van der Waals surface area contributed by atoms with E-state index in [1.807, 2.05) is 0 Å². The zero-order valence-electron chi connectivity index (χ0n) is 5.74. The lowest BCUT2D eigenvalue weighted by Crippen LogP contribution is -1.88. The lowest BCUT2D eigenvalue weighted by Gasteiger charge is -1.93. The van der Waals surface area contributed by atoms with Gasteiger partial charge in [-0.05, 0) is 12.1 Å². The highest BCUT2D eigenvalue weighted by Crippen LogP contribution is 2.06. The van der Waals surface area contributed by atoms with Gasteiger partial charge in [0.25, 0.3) is 0 Å². The second kappa shape index (κ2) is 3.27.